The fourth-order valence-corrected chi connectivity index (χ4v) is 2.33. The van der Waals surface area contributed by atoms with Crippen molar-refractivity contribution >= 4 is 33.8 Å². The van der Waals surface area contributed by atoms with Crippen LogP contribution in [0, 0.1) is 16.0 Å². The van der Waals surface area contributed by atoms with E-state index in [9.17, 15) is 14.9 Å². The lowest BCUT2D eigenvalue weighted by Crippen LogP contribution is -2.39. The van der Waals surface area contributed by atoms with E-state index in [0.717, 1.165) is 11.3 Å². The van der Waals surface area contributed by atoms with Crippen LogP contribution in [0.3, 0.4) is 0 Å². The molecule has 0 aliphatic carbocycles. The van der Waals surface area contributed by atoms with Gasteiger partial charge in [-0.1, -0.05) is 25.2 Å². The van der Waals surface area contributed by atoms with Crippen LogP contribution in [0.25, 0.3) is 0 Å². The van der Waals surface area contributed by atoms with Crippen LogP contribution in [0.5, 0.6) is 0 Å². The molecule has 5 nitrogen and oxygen atoms in total. The van der Waals surface area contributed by atoms with E-state index in [0.29, 0.717) is 10.8 Å². The molecule has 1 amide bonds. The number of carbonyl (C=O) groups is 1. The highest BCUT2D eigenvalue weighted by Gasteiger charge is 2.19. The Hall–Kier alpha value is -1.14. The van der Waals surface area contributed by atoms with Crippen LogP contribution in [-0.2, 0) is 0 Å². The molecule has 7 heteroatoms. The first-order chi connectivity index (χ1) is 7.95. The summed E-state index contributed by atoms with van der Waals surface area (Å²) in [7, 11) is 0. The van der Waals surface area contributed by atoms with Gasteiger partial charge in [-0.15, -0.1) is 11.6 Å². The van der Waals surface area contributed by atoms with Gasteiger partial charge in [0.2, 0.25) is 0 Å². The van der Waals surface area contributed by atoms with Crippen LogP contribution in [0.2, 0.25) is 0 Å². The van der Waals surface area contributed by atoms with Gasteiger partial charge in [0.05, 0.1) is 9.80 Å². The zero-order valence-corrected chi connectivity index (χ0v) is 11.0. The summed E-state index contributed by atoms with van der Waals surface area (Å²) in [5.41, 5.74) is 0. The summed E-state index contributed by atoms with van der Waals surface area (Å²) < 4.78 is 0. The Morgan fingerprint density at radius 1 is 1.59 bits per heavy atom. The van der Waals surface area contributed by atoms with Crippen molar-refractivity contribution in [1.82, 2.24) is 5.32 Å². The summed E-state index contributed by atoms with van der Waals surface area (Å²) in [5.74, 6) is 0.213. The monoisotopic (exact) mass is 276 g/mol. The Morgan fingerprint density at radius 2 is 2.24 bits per heavy atom. The van der Waals surface area contributed by atoms with Gasteiger partial charge >= 0.3 is 5.00 Å². The first-order valence-electron chi connectivity index (χ1n) is 5.06. The van der Waals surface area contributed by atoms with Crippen LogP contribution >= 0.6 is 22.9 Å². The van der Waals surface area contributed by atoms with E-state index in [1.54, 1.807) is 0 Å². The molecule has 0 bridgehead atoms. The summed E-state index contributed by atoms with van der Waals surface area (Å²) in [5, 5.41) is 13.2. The molecule has 0 saturated carbocycles. The van der Waals surface area contributed by atoms with E-state index in [1.807, 2.05) is 13.8 Å². The maximum atomic E-state index is 11.8. The Bertz CT molecular complexity index is 419. The molecule has 0 fully saturated rings. The van der Waals surface area contributed by atoms with Crippen molar-refractivity contribution in [2.75, 3.05) is 5.88 Å². The smallest absolute Gasteiger partial charge is 0.324 e. The molecule has 0 radical (unpaired) electrons. The van der Waals surface area contributed by atoms with Crippen molar-refractivity contribution in [1.29, 1.82) is 0 Å². The zero-order chi connectivity index (χ0) is 13.0. The lowest BCUT2D eigenvalue weighted by atomic mass is 10.1. The van der Waals surface area contributed by atoms with Crippen molar-refractivity contribution in [2.45, 2.75) is 19.9 Å². The summed E-state index contributed by atoms with van der Waals surface area (Å²) >= 11 is 6.59. The summed E-state index contributed by atoms with van der Waals surface area (Å²) in [6.07, 6.45) is 0. The molecule has 0 aliphatic heterocycles. The third kappa shape index (κ3) is 3.67. The van der Waals surface area contributed by atoms with Gasteiger partial charge < -0.3 is 5.32 Å². The number of carbonyl (C=O) groups excluding carboxylic acids is 1. The maximum absolute atomic E-state index is 11.8. The fourth-order valence-electron chi connectivity index (χ4n) is 1.17. The third-order valence-electron chi connectivity index (χ3n) is 2.28. The van der Waals surface area contributed by atoms with Gasteiger partial charge in [-0.3, -0.25) is 14.9 Å². The second-order valence-corrected chi connectivity index (χ2v) is 5.24. The number of nitrogens with one attached hydrogen (secondary N) is 1. The lowest BCUT2D eigenvalue weighted by molar-refractivity contribution is -0.380. The average molecular weight is 277 g/mol. The van der Waals surface area contributed by atoms with E-state index < -0.39 is 4.92 Å². The molecule has 1 atom stereocenters. The quantitative estimate of drug-likeness (QED) is 0.510. The summed E-state index contributed by atoms with van der Waals surface area (Å²) in [4.78, 5) is 22.1. The molecule has 94 valence electrons. The van der Waals surface area contributed by atoms with Crippen molar-refractivity contribution < 1.29 is 9.72 Å². The number of amides is 1. The van der Waals surface area contributed by atoms with Crippen molar-refractivity contribution in [3.8, 4) is 0 Å². The molecular weight excluding hydrogens is 264 g/mol. The van der Waals surface area contributed by atoms with Crippen LogP contribution in [-0.4, -0.2) is 22.8 Å². The highest BCUT2D eigenvalue weighted by atomic mass is 35.5. The maximum Gasteiger partial charge on any atom is 0.324 e. The lowest BCUT2D eigenvalue weighted by Gasteiger charge is -2.18. The molecule has 1 aromatic heterocycles. The Kier molecular flexibility index (Phi) is 4.89. The van der Waals surface area contributed by atoms with E-state index >= 15 is 0 Å². The minimum atomic E-state index is -0.511. The molecule has 1 rings (SSSR count). The molecular formula is C10H13ClN2O3S. The molecule has 17 heavy (non-hydrogen) atoms. The first kappa shape index (κ1) is 13.9. The molecule has 0 spiro atoms. The number of hydrogen-bond donors (Lipinski definition) is 1. The SMILES string of the molecule is CC(C)C(CCl)NC(=O)c1ccc([N+](=O)[O-])s1. The van der Waals surface area contributed by atoms with E-state index in [4.69, 9.17) is 11.6 Å². The number of hydrogen-bond acceptors (Lipinski definition) is 4. The molecule has 1 unspecified atom stereocenters. The predicted molar refractivity (Wildman–Crippen MR) is 67.8 cm³/mol. The fraction of sp³-hybridized carbons (Fsp3) is 0.500. The molecule has 0 aliphatic rings. The van der Waals surface area contributed by atoms with Gasteiger partial charge in [0.1, 0.15) is 0 Å². The van der Waals surface area contributed by atoms with E-state index in [-0.39, 0.29) is 22.9 Å². The van der Waals surface area contributed by atoms with Crippen molar-refractivity contribution in [3.63, 3.8) is 0 Å². The van der Waals surface area contributed by atoms with Crippen LogP contribution in [0.4, 0.5) is 5.00 Å². The molecule has 0 saturated heterocycles. The standard InChI is InChI=1S/C10H13ClN2O3S/c1-6(2)7(5-11)12-10(14)8-3-4-9(17-8)13(15)16/h3-4,6-7H,5H2,1-2H3,(H,12,14). The summed E-state index contributed by atoms with van der Waals surface area (Å²) in [6.45, 7) is 3.90. The van der Waals surface area contributed by atoms with Gasteiger partial charge in [0.15, 0.2) is 0 Å². The number of rotatable bonds is 5. The number of nitrogens with zero attached hydrogens (tertiary/aromatic N) is 1. The topological polar surface area (TPSA) is 72.2 Å². The van der Waals surface area contributed by atoms with Gasteiger partial charge in [-0.25, -0.2) is 0 Å². The molecule has 0 aromatic carbocycles. The Balaban J connectivity index is 2.72. The normalized spacial score (nSPS) is 12.5. The second-order valence-electron chi connectivity index (χ2n) is 3.87. The van der Waals surface area contributed by atoms with Gasteiger partial charge in [-0.05, 0) is 12.0 Å². The van der Waals surface area contributed by atoms with Gasteiger partial charge in [0.25, 0.3) is 5.91 Å². The van der Waals surface area contributed by atoms with Crippen molar-refractivity contribution in [2.24, 2.45) is 5.92 Å². The largest absolute Gasteiger partial charge is 0.347 e. The van der Waals surface area contributed by atoms with Gasteiger partial charge in [0, 0.05) is 18.0 Å². The Labute approximate surface area is 108 Å². The van der Waals surface area contributed by atoms with Crippen molar-refractivity contribution in [3.05, 3.63) is 27.1 Å². The molecule has 1 aromatic rings. The van der Waals surface area contributed by atoms with E-state index in [1.165, 1.54) is 12.1 Å². The number of thiophene rings is 1. The molecule has 1 heterocycles. The Morgan fingerprint density at radius 3 is 2.65 bits per heavy atom. The zero-order valence-electron chi connectivity index (χ0n) is 9.47. The van der Waals surface area contributed by atoms with Crippen LogP contribution < -0.4 is 5.32 Å². The third-order valence-corrected chi connectivity index (χ3v) is 3.65. The highest BCUT2D eigenvalue weighted by molar-refractivity contribution is 7.17. The number of halogens is 1. The highest BCUT2D eigenvalue weighted by Crippen LogP contribution is 2.24. The van der Waals surface area contributed by atoms with Gasteiger partial charge in [-0.2, -0.15) is 0 Å². The van der Waals surface area contributed by atoms with Crippen LogP contribution in [0.15, 0.2) is 12.1 Å². The second kappa shape index (κ2) is 5.97. The number of nitro groups is 1. The minimum Gasteiger partial charge on any atom is -0.347 e. The average Bonchev–Trinajstić information content (AvgIpc) is 2.74. The minimum absolute atomic E-state index is 0.0397. The van der Waals surface area contributed by atoms with Crippen LogP contribution in [0.1, 0.15) is 23.5 Å². The first-order valence-corrected chi connectivity index (χ1v) is 6.42. The van der Waals surface area contributed by atoms with E-state index in [2.05, 4.69) is 5.32 Å². The predicted octanol–water partition coefficient (Wildman–Crippen LogP) is 2.65. The summed E-state index contributed by atoms with van der Waals surface area (Å²) in [6, 6.07) is 2.64. The molecule has 1 N–H and O–H groups in total. The number of alkyl halides is 1.